The van der Waals surface area contributed by atoms with Crippen LogP contribution in [0.4, 0.5) is 0 Å². The minimum absolute atomic E-state index is 0.0720. The van der Waals surface area contributed by atoms with Gasteiger partial charge in [-0.2, -0.15) is 0 Å². The van der Waals surface area contributed by atoms with Gasteiger partial charge in [0.1, 0.15) is 0 Å². The van der Waals surface area contributed by atoms with Crippen LogP contribution in [-0.2, 0) is 14.3 Å². The molecule has 1 saturated heterocycles. The number of amides is 1. The summed E-state index contributed by atoms with van der Waals surface area (Å²) in [7, 11) is 1.38. The second-order valence-electron chi connectivity index (χ2n) is 6.49. The zero-order valence-corrected chi connectivity index (χ0v) is 13.2. The van der Waals surface area contributed by atoms with Gasteiger partial charge in [-0.25, -0.2) is 0 Å². The standard InChI is InChI=1S/C14H27N3O3/c1-13(2,14(3,4)15)12(19)17-8-6-16(7-9-17)10-11(18)20-5/h6-10,15H2,1-5H3. The lowest BCUT2D eigenvalue weighted by Gasteiger charge is -2.43. The normalized spacial score (nSPS) is 18.0. The van der Waals surface area contributed by atoms with E-state index in [9.17, 15) is 9.59 Å². The van der Waals surface area contributed by atoms with E-state index >= 15 is 0 Å². The van der Waals surface area contributed by atoms with E-state index in [1.165, 1.54) is 7.11 Å². The largest absolute Gasteiger partial charge is 0.468 e. The maximum Gasteiger partial charge on any atom is 0.319 e. The predicted octanol–water partition coefficient (Wildman–Crippen LogP) is 0.0671. The van der Waals surface area contributed by atoms with Gasteiger partial charge in [-0.3, -0.25) is 14.5 Å². The number of ether oxygens (including phenoxy) is 1. The molecule has 6 heteroatoms. The van der Waals surface area contributed by atoms with E-state index in [1.54, 1.807) is 0 Å². The molecule has 0 bridgehead atoms. The van der Waals surface area contributed by atoms with Gasteiger partial charge >= 0.3 is 5.97 Å². The summed E-state index contributed by atoms with van der Waals surface area (Å²) in [5.41, 5.74) is 4.92. The number of nitrogens with zero attached hydrogens (tertiary/aromatic N) is 2. The summed E-state index contributed by atoms with van der Waals surface area (Å²) in [6.07, 6.45) is 0. The second-order valence-corrected chi connectivity index (χ2v) is 6.49. The second kappa shape index (κ2) is 6.10. The van der Waals surface area contributed by atoms with Crippen molar-refractivity contribution in [3.05, 3.63) is 0 Å². The van der Waals surface area contributed by atoms with Gasteiger partial charge in [-0.15, -0.1) is 0 Å². The molecule has 1 heterocycles. The molecule has 0 unspecified atom stereocenters. The summed E-state index contributed by atoms with van der Waals surface area (Å²) in [5.74, 6) is -0.170. The molecule has 0 aromatic rings. The Kier molecular flexibility index (Phi) is 5.15. The van der Waals surface area contributed by atoms with E-state index < -0.39 is 11.0 Å². The summed E-state index contributed by atoms with van der Waals surface area (Å²) < 4.78 is 4.65. The van der Waals surface area contributed by atoms with Gasteiger partial charge in [-0.1, -0.05) is 0 Å². The fraction of sp³-hybridized carbons (Fsp3) is 0.857. The Morgan fingerprint density at radius 3 is 2.00 bits per heavy atom. The average molecular weight is 285 g/mol. The number of piperazine rings is 1. The third kappa shape index (κ3) is 3.70. The molecule has 0 spiro atoms. The molecule has 20 heavy (non-hydrogen) atoms. The van der Waals surface area contributed by atoms with E-state index in [4.69, 9.17) is 5.73 Å². The molecule has 0 saturated carbocycles. The summed E-state index contributed by atoms with van der Waals surface area (Å²) in [6, 6.07) is 0. The zero-order valence-electron chi connectivity index (χ0n) is 13.2. The van der Waals surface area contributed by atoms with Crippen LogP contribution in [0, 0.1) is 5.41 Å². The third-order valence-corrected chi connectivity index (χ3v) is 4.39. The minimum Gasteiger partial charge on any atom is -0.468 e. The number of rotatable bonds is 4. The number of esters is 1. The van der Waals surface area contributed by atoms with E-state index in [-0.39, 0.29) is 18.4 Å². The smallest absolute Gasteiger partial charge is 0.319 e. The Hall–Kier alpha value is -1.14. The van der Waals surface area contributed by atoms with Crippen LogP contribution in [0.3, 0.4) is 0 Å². The highest BCUT2D eigenvalue weighted by Gasteiger charge is 2.43. The highest BCUT2D eigenvalue weighted by Crippen LogP contribution is 2.30. The van der Waals surface area contributed by atoms with E-state index in [0.717, 1.165) is 0 Å². The molecule has 1 rings (SSSR count). The van der Waals surface area contributed by atoms with Gasteiger partial charge in [0.25, 0.3) is 0 Å². The highest BCUT2D eigenvalue weighted by atomic mass is 16.5. The van der Waals surface area contributed by atoms with Crippen LogP contribution in [0.5, 0.6) is 0 Å². The first-order valence-electron chi connectivity index (χ1n) is 6.97. The number of hydrogen-bond donors (Lipinski definition) is 1. The van der Waals surface area contributed by atoms with Crippen molar-refractivity contribution in [2.24, 2.45) is 11.1 Å². The van der Waals surface area contributed by atoms with Crippen LogP contribution in [0.15, 0.2) is 0 Å². The molecule has 1 aliphatic heterocycles. The lowest BCUT2D eigenvalue weighted by molar-refractivity contribution is -0.146. The molecule has 0 radical (unpaired) electrons. The van der Waals surface area contributed by atoms with Crippen LogP contribution in [-0.4, -0.2) is 67.0 Å². The first kappa shape index (κ1) is 16.9. The topological polar surface area (TPSA) is 75.9 Å². The molecular formula is C14H27N3O3. The van der Waals surface area contributed by atoms with Gasteiger partial charge in [0.05, 0.1) is 19.1 Å². The Bertz CT molecular complexity index is 366. The fourth-order valence-electron chi connectivity index (χ4n) is 2.03. The van der Waals surface area contributed by atoms with Crippen LogP contribution in [0.1, 0.15) is 27.7 Å². The molecule has 2 N–H and O–H groups in total. The predicted molar refractivity (Wildman–Crippen MR) is 77.1 cm³/mol. The number of carbonyl (C=O) groups excluding carboxylic acids is 2. The third-order valence-electron chi connectivity index (χ3n) is 4.39. The van der Waals surface area contributed by atoms with Crippen molar-refractivity contribution in [2.45, 2.75) is 33.2 Å². The molecule has 0 atom stereocenters. The molecule has 0 aromatic heterocycles. The van der Waals surface area contributed by atoms with Gasteiger partial charge in [0.2, 0.25) is 5.91 Å². The molecule has 0 aromatic carbocycles. The SMILES string of the molecule is COC(=O)CN1CCN(C(=O)C(C)(C)C(C)(C)N)CC1. The fourth-order valence-corrected chi connectivity index (χ4v) is 2.03. The Labute approximate surface area is 121 Å². The Morgan fingerprint density at radius 2 is 1.60 bits per heavy atom. The van der Waals surface area contributed by atoms with Crippen molar-refractivity contribution in [3.63, 3.8) is 0 Å². The maximum atomic E-state index is 12.6. The minimum atomic E-state index is -0.614. The zero-order chi connectivity index (χ0) is 15.6. The van der Waals surface area contributed by atoms with Crippen molar-refractivity contribution in [1.29, 1.82) is 0 Å². The average Bonchev–Trinajstić information content (AvgIpc) is 2.37. The lowest BCUT2D eigenvalue weighted by Crippen LogP contribution is -2.59. The van der Waals surface area contributed by atoms with Gasteiger partial charge < -0.3 is 15.4 Å². The van der Waals surface area contributed by atoms with Crippen molar-refractivity contribution in [1.82, 2.24) is 9.80 Å². The molecular weight excluding hydrogens is 258 g/mol. The Balaban J connectivity index is 2.57. The van der Waals surface area contributed by atoms with Crippen molar-refractivity contribution < 1.29 is 14.3 Å². The van der Waals surface area contributed by atoms with Crippen LogP contribution < -0.4 is 5.73 Å². The van der Waals surface area contributed by atoms with Crippen molar-refractivity contribution >= 4 is 11.9 Å². The van der Waals surface area contributed by atoms with E-state index in [1.807, 2.05) is 37.5 Å². The van der Waals surface area contributed by atoms with Gasteiger partial charge in [-0.05, 0) is 27.7 Å². The highest BCUT2D eigenvalue weighted by molar-refractivity contribution is 5.83. The van der Waals surface area contributed by atoms with Gasteiger partial charge in [0.15, 0.2) is 0 Å². The van der Waals surface area contributed by atoms with Gasteiger partial charge in [0, 0.05) is 31.7 Å². The van der Waals surface area contributed by atoms with Crippen molar-refractivity contribution in [3.8, 4) is 0 Å². The Morgan fingerprint density at radius 1 is 1.10 bits per heavy atom. The molecule has 1 fully saturated rings. The molecule has 0 aliphatic carbocycles. The lowest BCUT2D eigenvalue weighted by atomic mass is 9.74. The monoisotopic (exact) mass is 285 g/mol. The van der Waals surface area contributed by atoms with Crippen LogP contribution in [0.25, 0.3) is 0 Å². The maximum absolute atomic E-state index is 12.6. The van der Waals surface area contributed by atoms with E-state index in [2.05, 4.69) is 4.74 Å². The molecule has 6 nitrogen and oxygen atoms in total. The number of hydrogen-bond acceptors (Lipinski definition) is 5. The summed E-state index contributed by atoms with van der Waals surface area (Å²) in [6.45, 7) is 10.4. The number of carbonyl (C=O) groups is 2. The number of methoxy groups -OCH3 is 1. The van der Waals surface area contributed by atoms with E-state index in [0.29, 0.717) is 26.2 Å². The molecule has 116 valence electrons. The first-order valence-corrected chi connectivity index (χ1v) is 6.97. The molecule has 1 aliphatic rings. The summed E-state index contributed by atoms with van der Waals surface area (Å²) in [5, 5.41) is 0. The summed E-state index contributed by atoms with van der Waals surface area (Å²) >= 11 is 0. The summed E-state index contributed by atoms with van der Waals surface area (Å²) in [4.78, 5) is 27.6. The van der Waals surface area contributed by atoms with Crippen LogP contribution >= 0.6 is 0 Å². The number of nitrogens with two attached hydrogens (primary N) is 1. The first-order chi connectivity index (χ1) is 9.09. The quantitative estimate of drug-likeness (QED) is 0.740. The van der Waals surface area contributed by atoms with Crippen molar-refractivity contribution in [2.75, 3.05) is 39.8 Å². The van der Waals surface area contributed by atoms with Crippen LogP contribution in [0.2, 0.25) is 0 Å². The molecule has 1 amide bonds.